The summed E-state index contributed by atoms with van der Waals surface area (Å²) in [5.41, 5.74) is 2.71. The summed E-state index contributed by atoms with van der Waals surface area (Å²) in [6, 6.07) is 15.0. The molecular formula is C42H42Cl2N2O5S2. The van der Waals surface area contributed by atoms with E-state index < -0.39 is 5.41 Å². The van der Waals surface area contributed by atoms with Gasteiger partial charge in [0.15, 0.2) is 5.78 Å². The zero-order chi connectivity index (χ0) is 37.8. The Labute approximate surface area is 328 Å². The Kier molecular flexibility index (Phi) is 12.2. The van der Waals surface area contributed by atoms with Gasteiger partial charge in [-0.1, -0.05) is 86.0 Å². The van der Waals surface area contributed by atoms with Gasteiger partial charge < -0.3 is 10.2 Å². The molecule has 2 N–H and O–H groups in total. The molecule has 0 amide bonds. The molecule has 2 heterocycles. The maximum atomic E-state index is 12.8. The third kappa shape index (κ3) is 8.62. The summed E-state index contributed by atoms with van der Waals surface area (Å²) in [6.07, 6.45) is 11.8. The van der Waals surface area contributed by atoms with Crippen molar-refractivity contribution in [3.8, 4) is 33.2 Å². The molecule has 53 heavy (non-hydrogen) atoms. The van der Waals surface area contributed by atoms with E-state index >= 15 is 0 Å². The number of hydrogen-bond donors (Lipinski definition) is 2. The van der Waals surface area contributed by atoms with Crippen molar-refractivity contribution in [2.24, 2.45) is 10.8 Å². The van der Waals surface area contributed by atoms with Crippen LogP contribution >= 0.6 is 45.9 Å². The van der Waals surface area contributed by atoms with Crippen molar-refractivity contribution in [1.82, 2.24) is 9.97 Å². The second-order valence-electron chi connectivity index (χ2n) is 14.4. The number of ketones is 3. The van der Waals surface area contributed by atoms with Crippen LogP contribution in [0.2, 0.25) is 10.0 Å². The first-order valence-electron chi connectivity index (χ1n) is 18.1. The number of benzene rings is 2. The standard InChI is InChI=1S/C22H22ClNO3S.C20H20ClNO2S/c1-15-19(24-21(28-15)16-5-7-17(23)8-6-16)13-18(26)14-22(20(27)9-12-25)10-3-2-4-11-22;1-12-17(22-19(25-12)13-5-7-14(21)8-6-13)16-15(23)11-20(18(16)24)9-3-2-4-10-20/h5-8,25H,2-4,10-11,13-14H2,1H3;5-8,24H,2-4,9-11H2,1H3. The van der Waals surface area contributed by atoms with Crippen LogP contribution in [0.25, 0.3) is 26.7 Å². The highest BCUT2D eigenvalue weighted by Crippen LogP contribution is 2.53. The van der Waals surface area contributed by atoms with E-state index in [-0.39, 0.29) is 41.4 Å². The number of carbonyl (C=O) groups excluding carboxylic acids is 3. The van der Waals surface area contributed by atoms with E-state index in [0.29, 0.717) is 40.6 Å². The van der Waals surface area contributed by atoms with E-state index in [0.717, 1.165) is 81.5 Å². The zero-order valence-electron chi connectivity index (χ0n) is 29.9. The summed E-state index contributed by atoms with van der Waals surface area (Å²) in [5.74, 6) is 2.25. The van der Waals surface area contributed by atoms with Gasteiger partial charge in [-0.2, -0.15) is 0 Å². The fourth-order valence-electron chi connectivity index (χ4n) is 7.94. The number of halogens is 2. The Bertz CT molecular complexity index is 2090. The summed E-state index contributed by atoms with van der Waals surface area (Å²) >= 11 is 15.0. The first kappa shape index (κ1) is 38.9. The van der Waals surface area contributed by atoms with Crippen molar-refractivity contribution in [2.75, 3.05) is 0 Å². The molecule has 7 rings (SSSR count). The van der Waals surface area contributed by atoms with Crippen molar-refractivity contribution in [3.63, 3.8) is 0 Å². The van der Waals surface area contributed by atoms with Gasteiger partial charge in [-0.25, -0.2) is 9.97 Å². The van der Waals surface area contributed by atoms with E-state index in [9.17, 15) is 19.5 Å². The molecule has 0 bridgehead atoms. The fraction of sp³-hybridized carbons (Fsp3) is 0.405. The van der Waals surface area contributed by atoms with Gasteiger partial charge in [-0.05, 0) is 63.8 Å². The number of aliphatic hydroxyl groups is 2. The highest BCUT2D eigenvalue weighted by molar-refractivity contribution is 7.15. The predicted molar refractivity (Wildman–Crippen MR) is 213 cm³/mol. The van der Waals surface area contributed by atoms with E-state index in [4.69, 9.17) is 33.3 Å². The zero-order valence-corrected chi connectivity index (χ0v) is 33.0. The second kappa shape index (κ2) is 16.7. The van der Waals surface area contributed by atoms with Gasteiger partial charge >= 0.3 is 0 Å². The molecule has 0 atom stereocenters. The van der Waals surface area contributed by atoms with Crippen LogP contribution in [0.3, 0.4) is 0 Å². The minimum Gasteiger partial charge on any atom is -0.511 e. The molecule has 276 valence electrons. The lowest BCUT2D eigenvalue weighted by molar-refractivity contribution is -0.131. The van der Waals surface area contributed by atoms with Crippen LogP contribution in [-0.2, 0) is 20.8 Å². The fourth-order valence-corrected chi connectivity index (χ4v) is 10.1. The maximum absolute atomic E-state index is 12.8. The summed E-state index contributed by atoms with van der Waals surface area (Å²) in [6.45, 7) is 3.92. The van der Waals surface area contributed by atoms with Gasteiger partial charge in [0, 0.05) is 66.9 Å². The number of aliphatic hydroxyl groups excluding tert-OH is 2. The second-order valence-corrected chi connectivity index (χ2v) is 17.7. The Morgan fingerprint density at radius 2 is 1.32 bits per heavy atom. The summed E-state index contributed by atoms with van der Waals surface area (Å²) < 4.78 is 0. The normalized spacial score (nSPS) is 17.5. The Balaban J connectivity index is 0.000000182. The minimum atomic E-state index is -0.756. The number of nitrogens with zero attached hydrogens (tertiary/aromatic N) is 2. The summed E-state index contributed by atoms with van der Waals surface area (Å²) in [7, 11) is 0. The van der Waals surface area contributed by atoms with E-state index in [1.54, 1.807) is 28.8 Å². The van der Waals surface area contributed by atoms with Crippen molar-refractivity contribution < 1.29 is 24.6 Å². The Morgan fingerprint density at radius 1 is 0.792 bits per heavy atom. The van der Waals surface area contributed by atoms with Crippen LogP contribution in [0.1, 0.15) is 98.2 Å². The molecule has 2 saturated carbocycles. The summed E-state index contributed by atoms with van der Waals surface area (Å²) in [4.78, 5) is 49.4. The minimum absolute atomic E-state index is 0.00829. The van der Waals surface area contributed by atoms with E-state index in [1.165, 1.54) is 6.42 Å². The monoisotopic (exact) mass is 788 g/mol. The maximum Gasteiger partial charge on any atom is 0.215 e. The molecule has 0 aliphatic heterocycles. The third-order valence-corrected chi connectivity index (χ3v) is 13.4. The highest BCUT2D eigenvalue weighted by atomic mass is 35.5. The molecule has 3 aliphatic carbocycles. The predicted octanol–water partition coefficient (Wildman–Crippen LogP) is 11.1. The molecule has 4 aromatic rings. The van der Waals surface area contributed by atoms with Gasteiger partial charge in [0.25, 0.3) is 0 Å². The first-order chi connectivity index (χ1) is 25.4. The quantitative estimate of drug-likeness (QED) is 0.171. The summed E-state index contributed by atoms with van der Waals surface area (Å²) in [5, 5.41) is 22.8. The van der Waals surface area contributed by atoms with Gasteiger partial charge in [0.05, 0.1) is 17.0 Å². The van der Waals surface area contributed by atoms with Crippen molar-refractivity contribution in [1.29, 1.82) is 0 Å². The number of rotatable bonds is 8. The molecule has 2 fully saturated rings. The number of aryl methyl sites for hydroxylation is 2. The molecule has 2 aromatic carbocycles. The van der Waals surface area contributed by atoms with Gasteiger partial charge in [0.2, 0.25) is 5.78 Å². The molecular weight excluding hydrogens is 748 g/mol. The lowest BCUT2D eigenvalue weighted by atomic mass is 9.68. The molecule has 0 radical (unpaired) electrons. The SMILES string of the molecule is Cc1sc(-c2ccc(Cl)cc2)nc1C1=C(O)C2(CCCCC2)CC1=O.Cc1sc(-c2ccc(Cl)cc2)nc1CC(=O)CC1(C(=O)C#CO)CCCCC1. The van der Waals surface area contributed by atoms with Crippen LogP contribution < -0.4 is 0 Å². The molecule has 0 unspecified atom stereocenters. The van der Waals surface area contributed by atoms with Gasteiger partial charge in [0.1, 0.15) is 27.7 Å². The lowest BCUT2D eigenvalue weighted by Crippen LogP contribution is -2.35. The van der Waals surface area contributed by atoms with E-state index in [1.807, 2.05) is 62.4 Å². The van der Waals surface area contributed by atoms with Crippen LogP contribution in [0.15, 0.2) is 54.3 Å². The van der Waals surface area contributed by atoms with Crippen molar-refractivity contribution in [2.45, 2.75) is 97.3 Å². The van der Waals surface area contributed by atoms with Crippen LogP contribution in [0.4, 0.5) is 0 Å². The largest absolute Gasteiger partial charge is 0.511 e. The highest BCUT2D eigenvalue weighted by Gasteiger charge is 2.47. The average molecular weight is 790 g/mol. The Morgan fingerprint density at radius 3 is 1.89 bits per heavy atom. The Hall–Kier alpha value is -3.81. The number of allylic oxidation sites excluding steroid dienone is 2. The first-order valence-corrected chi connectivity index (χ1v) is 20.5. The van der Waals surface area contributed by atoms with E-state index in [2.05, 4.69) is 10.9 Å². The van der Waals surface area contributed by atoms with Crippen LogP contribution in [0.5, 0.6) is 0 Å². The topological polar surface area (TPSA) is 117 Å². The van der Waals surface area contributed by atoms with Crippen molar-refractivity contribution >= 4 is 68.8 Å². The molecule has 2 aromatic heterocycles. The molecule has 3 aliphatic rings. The van der Waals surface area contributed by atoms with Crippen LogP contribution in [-0.4, -0.2) is 37.5 Å². The molecule has 1 spiro atoms. The number of Topliss-reactive ketones (excluding diaryl/α,β-unsaturated/α-hetero) is 3. The lowest BCUT2D eigenvalue weighted by Gasteiger charge is -2.33. The van der Waals surface area contributed by atoms with Crippen molar-refractivity contribution in [3.05, 3.63) is 85.5 Å². The number of carbonyl (C=O) groups is 3. The average Bonchev–Trinajstić information content (AvgIpc) is 3.77. The third-order valence-electron chi connectivity index (χ3n) is 10.8. The van der Waals surface area contributed by atoms with Gasteiger partial charge in [-0.3, -0.25) is 14.4 Å². The number of hydrogen-bond acceptors (Lipinski definition) is 9. The number of thiazole rings is 2. The molecule has 11 heteroatoms. The molecule has 7 nitrogen and oxygen atoms in total. The van der Waals surface area contributed by atoms with Gasteiger partial charge in [-0.15, -0.1) is 22.7 Å². The molecule has 0 saturated heterocycles. The number of aromatic nitrogens is 2. The smallest absolute Gasteiger partial charge is 0.215 e. The van der Waals surface area contributed by atoms with Crippen LogP contribution in [0, 0.1) is 36.7 Å².